The van der Waals surface area contributed by atoms with Gasteiger partial charge in [-0.1, -0.05) is 38.0 Å². The number of carbonyl (C=O) groups is 1. The number of hydrogen-bond acceptors (Lipinski definition) is 3. The molecule has 0 bridgehead atoms. The van der Waals surface area contributed by atoms with Crippen LogP contribution in [0, 0.1) is 5.92 Å². The molecule has 0 spiro atoms. The van der Waals surface area contributed by atoms with Gasteiger partial charge in [0.2, 0.25) is 5.91 Å². The Morgan fingerprint density at radius 2 is 2.05 bits per heavy atom. The minimum Gasteiger partial charge on any atom is -0.326 e. The highest BCUT2D eigenvalue weighted by atomic mass is 16.2. The molecule has 1 aromatic rings. The van der Waals surface area contributed by atoms with Crippen LogP contribution < -0.4 is 11.1 Å². The number of para-hydroxylation sites is 1. The van der Waals surface area contributed by atoms with E-state index in [0.29, 0.717) is 25.0 Å². The summed E-state index contributed by atoms with van der Waals surface area (Å²) < 4.78 is 0. The molecule has 0 aromatic heterocycles. The minimum atomic E-state index is 0.0381. The summed E-state index contributed by atoms with van der Waals surface area (Å²) in [6.45, 7) is 3.17. The third kappa shape index (κ3) is 4.29. The van der Waals surface area contributed by atoms with Gasteiger partial charge in [-0.2, -0.15) is 0 Å². The van der Waals surface area contributed by atoms with Gasteiger partial charge >= 0.3 is 0 Å². The number of nitrogens with one attached hydrogen (secondary N) is 1. The number of amides is 1. The lowest BCUT2D eigenvalue weighted by atomic mass is 9.85. The maximum atomic E-state index is 12.2. The zero-order valence-corrected chi connectivity index (χ0v) is 13.1. The number of benzene rings is 1. The van der Waals surface area contributed by atoms with Crippen molar-refractivity contribution in [3.8, 4) is 0 Å². The van der Waals surface area contributed by atoms with Crippen molar-refractivity contribution in [3.05, 3.63) is 29.8 Å². The third-order valence-electron chi connectivity index (χ3n) is 4.54. The van der Waals surface area contributed by atoms with Gasteiger partial charge < -0.3 is 11.1 Å². The molecule has 1 aliphatic rings. The van der Waals surface area contributed by atoms with Crippen LogP contribution in [0.5, 0.6) is 0 Å². The van der Waals surface area contributed by atoms with Crippen LogP contribution in [0.3, 0.4) is 0 Å². The van der Waals surface area contributed by atoms with Crippen LogP contribution in [0.2, 0.25) is 0 Å². The summed E-state index contributed by atoms with van der Waals surface area (Å²) in [5.41, 5.74) is 7.50. The van der Waals surface area contributed by atoms with Crippen molar-refractivity contribution in [2.45, 2.75) is 45.2 Å². The third-order valence-corrected chi connectivity index (χ3v) is 4.54. The average molecular weight is 289 g/mol. The fraction of sp³-hybridized carbons (Fsp3) is 0.588. The number of rotatable bonds is 5. The number of anilines is 1. The molecule has 4 nitrogen and oxygen atoms in total. The number of likely N-dealkylation sites (N-methyl/N-ethyl adjacent to an activating group) is 1. The fourth-order valence-electron chi connectivity index (χ4n) is 3.31. The topological polar surface area (TPSA) is 58.4 Å². The Kier molecular flexibility index (Phi) is 5.76. The number of nitrogens with two attached hydrogens (primary N) is 1. The molecule has 1 saturated carbocycles. The summed E-state index contributed by atoms with van der Waals surface area (Å²) in [4.78, 5) is 14.4. The SMILES string of the molecule is CC1CCCCC1N(C)CC(=O)Nc1ccccc1CN. The van der Waals surface area contributed by atoms with E-state index in [1.54, 1.807) is 0 Å². The fourth-order valence-corrected chi connectivity index (χ4v) is 3.31. The number of nitrogens with zero attached hydrogens (tertiary/aromatic N) is 1. The van der Waals surface area contributed by atoms with E-state index in [0.717, 1.165) is 11.3 Å². The van der Waals surface area contributed by atoms with Crippen molar-refractivity contribution in [2.75, 3.05) is 18.9 Å². The molecule has 0 radical (unpaired) electrons. The van der Waals surface area contributed by atoms with E-state index in [-0.39, 0.29) is 5.91 Å². The molecule has 4 heteroatoms. The molecule has 2 atom stereocenters. The van der Waals surface area contributed by atoms with Crippen LogP contribution in [0.15, 0.2) is 24.3 Å². The molecule has 1 aliphatic carbocycles. The molecule has 0 saturated heterocycles. The van der Waals surface area contributed by atoms with Gasteiger partial charge in [0.15, 0.2) is 0 Å². The van der Waals surface area contributed by atoms with Gasteiger partial charge in [-0.15, -0.1) is 0 Å². The first-order valence-electron chi connectivity index (χ1n) is 7.90. The number of hydrogen-bond donors (Lipinski definition) is 2. The highest BCUT2D eigenvalue weighted by molar-refractivity contribution is 5.93. The second-order valence-electron chi connectivity index (χ2n) is 6.15. The van der Waals surface area contributed by atoms with Crippen LogP contribution >= 0.6 is 0 Å². The van der Waals surface area contributed by atoms with Gasteiger partial charge in [0.1, 0.15) is 0 Å². The second-order valence-corrected chi connectivity index (χ2v) is 6.15. The van der Waals surface area contributed by atoms with Gasteiger partial charge in [0.25, 0.3) is 0 Å². The molecule has 3 N–H and O–H groups in total. The highest BCUT2D eigenvalue weighted by Gasteiger charge is 2.26. The molecule has 0 heterocycles. The lowest BCUT2D eigenvalue weighted by Crippen LogP contribution is -2.43. The zero-order valence-electron chi connectivity index (χ0n) is 13.1. The summed E-state index contributed by atoms with van der Waals surface area (Å²) in [6, 6.07) is 8.23. The molecule has 1 amide bonds. The molecule has 116 valence electrons. The van der Waals surface area contributed by atoms with Crippen molar-refractivity contribution in [1.29, 1.82) is 0 Å². The quantitative estimate of drug-likeness (QED) is 0.876. The molecule has 2 rings (SSSR count). The van der Waals surface area contributed by atoms with Crippen LogP contribution in [-0.4, -0.2) is 30.4 Å². The van der Waals surface area contributed by atoms with Gasteiger partial charge in [-0.25, -0.2) is 0 Å². The van der Waals surface area contributed by atoms with Crippen molar-refractivity contribution >= 4 is 11.6 Å². The van der Waals surface area contributed by atoms with Crippen molar-refractivity contribution < 1.29 is 4.79 Å². The summed E-state index contributed by atoms with van der Waals surface area (Å²) in [5.74, 6) is 0.712. The lowest BCUT2D eigenvalue weighted by molar-refractivity contribution is -0.117. The van der Waals surface area contributed by atoms with Crippen LogP contribution in [0.4, 0.5) is 5.69 Å². The van der Waals surface area contributed by atoms with Gasteiger partial charge in [-0.3, -0.25) is 9.69 Å². The minimum absolute atomic E-state index is 0.0381. The van der Waals surface area contributed by atoms with E-state index < -0.39 is 0 Å². The van der Waals surface area contributed by atoms with Gasteiger partial charge in [-0.05, 0) is 37.4 Å². The number of carbonyl (C=O) groups excluding carboxylic acids is 1. The first kappa shape index (κ1) is 16.0. The summed E-state index contributed by atoms with van der Waals surface area (Å²) in [7, 11) is 2.06. The van der Waals surface area contributed by atoms with E-state index in [1.807, 2.05) is 24.3 Å². The largest absolute Gasteiger partial charge is 0.326 e. The standard InChI is InChI=1S/C17H27N3O/c1-13-7-3-6-10-16(13)20(2)12-17(21)19-15-9-5-4-8-14(15)11-18/h4-5,8-9,13,16H,3,6-7,10-12,18H2,1-2H3,(H,19,21). The Morgan fingerprint density at radius 1 is 1.33 bits per heavy atom. The Morgan fingerprint density at radius 3 is 2.76 bits per heavy atom. The Bertz CT molecular complexity index is 475. The maximum Gasteiger partial charge on any atom is 0.238 e. The molecule has 2 unspecified atom stereocenters. The Hall–Kier alpha value is -1.39. The van der Waals surface area contributed by atoms with E-state index >= 15 is 0 Å². The summed E-state index contributed by atoms with van der Waals surface area (Å²) in [5, 5.41) is 2.99. The zero-order chi connectivity index (χ0) is 15.2. The van der Waals surface area contributed by atoms with E-state index in [4.69, 9.17) is 5.73 Å². The van der Waals surface area contributed by atoms with E-state index in [1.165, 1.54) is 25.7 Å². The highest BCUT2D eigenvalue weighted by Crippen LogP contribution is 2.27. The monoisotopic (exact) mass is 289 g/mol. The van der Waals surface area contributed by atoms with Gasteiger partial charge in [0.05, 0.1) is 6.54 Å². The van der Waals surface area contributed by atoms with Crippen LogP contribution in [0.1, 0.15) is 38.2 Å². The molecule has 0 aliphatic heterocycles. The summed E-state index contributed by atoms with van der Waals surface area (Å²) in [6.07, 6.45) is 5.06. The molecule has 1 aromatic carbocycles. The predicted molar refractivity (Wildman–Crippen MR) is 87.0 cm³/mol. The smallest absolute Gasteiger partial charge is 0.238 e. The van der Waals surface area contributed by atoms with Crippen LogP contribution in [-0.2, 0) is 11.3 Å². The van der Waals surface area contributed by atoms with E-state index in [9.17, 15) is 4.79 Å². The summed E-state index contributed by atoms with van der Waals surface area (Å²) >= 11 is 0. The Balaban J connectivity index is 1.91. The van der Waals surface area contributed by atoms with Crippen LogP contribution in [0.25, 0.3) is 0 Å². The van der Waals surface area contributed by atoms with Gasteiger partial charge in [0, 0.05) is 18.3 Å². The first-order chi connectivity index (χ1) is 10.1. The normalized spacial score (nSPS) is 22.3. The average Bonchev–Trinajstić information content (AvgIpc) is 2.48. The maximum absolute atomic E-state index is 12.2. The predicted octanol–water partition coefficient (Wildman–Crippen LogP) is 2.59. The first-order valence-corrected chi connectivity index (χ1v) is 7.90. The second kappa shape index (κ2) is 7.57. The molecule has 1 fully saturated rings. The van der Waals surface area contributed by atoms with Crippen molar-refractivity contribution in [1.82, 2.24) is 4.90 Å². The molecular formula is C17H27N3O. The van der Waals surface area contributed by atoms with Crippen molar-refractivity contribution in [2.24, 2.45) is 11.7 Å². The van der Waals surface area contributed by atoms with E-state index in [2.05, 4.69) is 24.2 Å². The van der Waals surface area contributed by atoms with Crippen molar-refractivity contribution in [3.63, 3.8) is 0 Å². The molecule has 21 heavy (non-hydrogen) atoms. The lowest BCUT2D eigenvalue weighted by Gasteiger charge is -2.35. The molecular weight excluding hydrogens is 262 g/mol. The Labute approximate surface area is 127 Å².